The van der Waals surface area contributed by atoms with Gasteiger partial charge in [0.2, 0.25) is 0 Å². The van der Waals surface area contributed by atoms with Crippen molar-refractivity contribution in [2.45, 2.75) is 32.3 Å². The number of nitrogens with zero attached hydrogens (tertiary/aromatic N) is 2. The minimum atomic E-state index is -0.0393. The van der Waals surface area contributed by atoms with Crippen LogP contribution in [-0.2, 0) is 16.8 Å². The molecule has 2 aromatic carbocycles. The molecular weight excluding hydrogens is 374 g/mol. The Kier molecular flexibility index (Phi) is 7.75. The highest BCUT2D eigenvalue weighted by Gasteiger charge is 2.27. The highest BCUT2D eigenvalue weighted by molar-refractivity contribution is 5.80. The van der Waals surface area contributed by atoms with Crippen molar-refractivity contribution in [3.8, 4) is 5.75 Å². The summed E-state index contributed by atoms with van der Waals surface area (Å²) < 4.78 is 11.3. The molecule has 0 aromatic heterocycles. The number of rotatable bonds is 8. The van der Waals surface area contributed by atoms with Crippen LogP contribution >= 0.6 is 0 Å². The second-order valence-electron chi connectivity index (χ2n) is 8.62. The van der Waals surface area contributed by atoms with Gasteiger partial charge in [0.25, 0.3) is 0 Å². The molecule has 1 N–H and O–H groups in total. The van der Waals surface area contributed by atoms with Crippen LogP contribution < -0.4 is 10.1 Å². The van der Waals surface area contributed by atoms with E-state index in [1.54, 1.807) is 7.11 Å². The molecule has 1 heterocycles. The first-order valence-corrected chi connectivity index (χ1v) is 10.7. The van der Waals surface area contributed by atoms with E-state index in [1.807, 2.05) is 25.2 Å². The molecule has 0 amide bonds. The monoisotopic (exact) mass is 409 g/mol. The van der Waals surface area contributed by atoms with Gasteiger partial charge in [-0.3, -0.25) is 4.99 Å². The van der Waals surface area contributed by atoms with Gasteiger partial charge in [-0.05, 0) is 29.7 Å². The Morgan fingerprint density at radius 3 is 2.70 bits per heavy atom. The van der Waals surface area contributed by atoms with E-state index < -0.39 is 0 Å². The Hall–Kier alpha value is -2.53. The molecule has 1 aliphatic rings. The molecule has 2 aromatic rings. The first kappa shape index (κ1) is 22.2. The van der Waals surface area contributed by atoms with Crippen LogP contribution in [0.5, 0.6) is 5.75 Å². The Bertz CT molecular complexity index is 820. The van der Waals surface area contributed by atoms with Crippen LogP contribution in [0.15, 0.2) is 59.6 Å². The Balaban J connectivity index is 1.48. The van der Waals surface area contributed by atoms with Crippen molar-refractivity contribution in [3.05, 3.63) is 65.7 Å². The second-order valence-corrected chi connectivity index (χ2v) is 8.62. The number of benzene rings is 2. The normalized spacial score (nSPS) is 17.3. The zero-order valence-corrected chi connectivity index (χ0v) is 18.7. The molecule has 162 valence electrons. The predicted molar refractivity (Wildman–Crippen MR) is 123 cm³/mol. The quantitative estimate of drug-likeness (QED) is 0.527. The lowest BCUT2D eigenvalue weighted by molar-refractivity contribution is 0.0906. The third-order valence-corrected chi connectivity index (χ3v) is 5.80. The zero-order valence-electron chi connectivity index (χ0n) is 18.7. The highest BCUT2D eigenvalue weighted by atomic mass is 16.5. The molecule has 0 spiro atoms. The van der Waals surface area contributed by atoms with Crippen LogP contribution in [0.1, 0.15) is 31.4 Å². The molecule has 3 rings (SSSR count). The smallest absolute Gasteiger partial charge is 0.193 e. The number of nitrogens with one attached hydrogen (secondary N) is 1. The molecule has 1 aliphatic heterocycles. The van der Waals surface area contributed by atoms with E-state index in [-0.39, 0.29) is 5.41 Å². The summed E-state index contributed by atoms with van der Waals surface area (Å²) in [7, 11) is 3.57. The second kappa shape index (κ2) is 10.5. The maximum absolute atomic E-state index is 5.96. The van der Waals surface area contributed by atoms with Crippen LogP contribution in [0.3, 0.4) is 0 Å². The van der Waals surface area contributed by atoms with Gasteiger partial charge in [-0.2, -0.15) is 0 Å². The first-order chi connectivity index (χ1) is 14.5. The third-order valence-electron chi connectivity index (χ3n) is 5.80. The molecule has 30 heavy (non-hydrogen) atoms. The maximum Gasteiger partial charge on any atom is 0.193 e. The number of hydrogen-bond acceptors (Lipinski definition) is 3. The van der Waals surface area contributed by atoms with Gasteiger partial charge in [-0.15, -0.1) is 0 Å². The van der Waals surface area contributed by atoms with Crippen molar-refractivity contribution < 1.29 is 9.47 Å². The fourth-order valence-corrected chi connectivity index (χ4v) is 3.86. The topological polar surface area (TPSA) is 46.1 Å². The predicted octanol–water partition coefficient (Wildman–Crippen LogP) is 4.09. The lowest BCUT2D eigenvalue weighted by atomic mass is 9.84. The number of aliphatic imine (C=N–C) groups is 1. The highest BCUT2D eigenvalue weighted by Crippen LogP contribution is 2.26. The number of likely N-dealkylation sites (tertiary alicyclic amines) is 1. The van der Waals surface area contributed by atoms with E-state index in [0.717, 1.165) is 44.4 Å². The molecule has 5 heteroatoms. The maximum atomic E-state index is 5.96. The molecule has 1 atom stereocenters. The van der Waals surface area contributed by atoms with Crippen LogP contribution in [0.25, 0.3) is 0 Å². The lowest BCUT2D eigenvalue weighted by Gasteiger charge is -2.29. The average molecular weight is 410 g/mol. The van der Waals surface area contributed by atoms with Gasteiger partial charge in [0, 0.05) is 38.0 Å². The molecule has 1 saturated heterocycles. The summed E-state index contributed by atoms with van der Waals surface area (Å²) >= 11 is 0. The van der Waals surface area contributed by atoms with Gasteiger partial charge in [0.1, 0.15) is 5.75 Å². The molecule has 1 unspecified atom stereocenters. The largest absolute Gasteiger partial charge is 0.497 e. The van der Waals surface area contributed by atoms with Crippen molar-refractivity contribution in [3.63, 3.8) is 0 Å². The number of methoxy groups -OCH3 is 1. The van der Waals surface area contributed by atoms with Crippen molar-refractivity contribution >= 4 is 5.96 Å². The molecular formula is C25H35N3O2. The summed E-state index contributed by atoms with van der Waals surface area (Å²) in [6.07, 6.45) is 1.13. The standard InChI is InChI=1S/C25H35N3O2/c1-25(2,22-11-8-12-23(15-22)29-4)19-27-24(26-3)28-14-13-21(16-28)18-30-17-20-9-6-5-7-10-20/h5-12,15,21H,13-14,16-19H2,1-4H3,(H,26,27). The summed E-state index contributed by atoms with van der Waals surface area (Å²) in [5, 5.41) is 3.58. The number of hydrogen-bond donors (Lipinski definition) is 1. The average Bonchev–Trinajstić information content (AvgIpc) is 3.23. The summed E-state index contributed by atoms with van der Waals surface area (Å²) in [6, 6.07) is 18.7. The SMILES string of the molecule is CN=C(NCC(C)(C)c1cccc(OC)c1)N1CCC(COCc2ccccc2)C1. The van der Waals surface area contributed by atoms with Gasteiger partial charge < -0.3 is 19.7 Å². The van der Waals surface area contributed by atoms with E-state index in [4.69, 9.17) is 9.47 Å². The van der Waals surface area contributed by atoms with Crippen molar-refractivity contribution in [1.82, 2.24) is 10.2 Å². The van der Waals surface area contributed by atoms with E-state index in [9.17, 15) is 0 Å². The third kappa shape index (κ3) is 5.99. The van der Waals surface area contributed by atoms with Crippen LogP contribution in [-0.4, -0.2) is 51.3 Å². The molecule has 1 fully saturated rings. The minimum absolute atomic E-state index is 0.0393. The minimum Gasteiger partial charge on any atom is -0.497 e. The van der Waals surface area contributed by atoms with Crippen molar-refractivity contribution in [2.24, 2.45) is 10.9 Å². The van der Waals surface area contributed by atoms with Crippen LogP contribution in [0, 0.1) is 5.92 Å². The summed E-state index contributed by atoms with van der Waals surface area (Å²) in [6.45, 7) is 8.75. The Labute approximate surface area is 181 Å². The Morgan fingerprint density at radius 2 is 1.97 bits per heavy atom. The van der Waals surface area contributed by atoms with E-state index >= 15 is 0 Å². The fraction of sp³-hybridized carbons (Fsp3) is 0.480. The lowest BCUT2D eigenvalue weighted by Crippen LogP contribution is -2.45. The van der Waals surface area contributed by atoms with Gasteiger partial charge in [0.05, 0.1) is 20.3 Å². The molecule has 0 saturated carbocycles. The van der Waals surface area contributed by atoms with Gasteiger partial charge >= 0.3 is 0 Å². The Morgan fingerprint density at radius 1 is 1.17 bits per heavy atom. The van der Waals surface area contributed by atoms with Gasteiger partial charge in [-0.25, -0.2) is 0 Å². The van der Waals surface area contributed by atoms with Crippen molar-refractivity contribution in [1.29, 1.82) is 0 Å². The van der Waals surface area contributed by atoms with Crippen molar-refractivity contribution in [2.75, 3.05) is 40.4 Å². The fourth-order valence-electron chi connectivity index (χ4n) is 3.86. The van der Waals surface area contributed by atoms with Crippen LogP contribution in [0.2, 0.25) is 0 Å². The molecule has 5 nitrogen and oxygen atoms in total. The molecule has 0 aliphatic carbocycles. The summed E-state index contributed by atoms with van der Waals surface area (Å²) in [5.74, 6) is 2.40. The van der Waals surface area contributed by atoms with E-state index in [1.165, 1.54) is 11.1 Å². The van der Waals surface area contributed by atoms with Gasteiger partial charge in [-0.1, -0.05) is 56.3 Å². The number of ether oxygens (including phenoxy) is 2. The van der Waals surface area contributed by atoms with Crippen LogP contribution in [0.4, 0.5) is 0 Å². The zero-order chi connectivity index (χ0) is 21.4. The summed E-state index contributed by atoms with van der Waals surface area (Å²) in [5.41, 5.74) is 2.44. The van der Waals surface area contributed by atoms with Gasteiger partial charge in [0.15, 0.2) is 5.96 Å². The first-order valence-electron chi connectivity index (χ1n) is 10.7. The van der Waals surface area contributed by atoms with E-state index in [0.29, 0.717) is 12.5 Å². The molecule has 0 bridgehead atoms. The molecule has 0 radical (unpaired) electrons. The van der Waals surface area contributed by atoms with E-state index in [2.05, 4.69) is 65.5 Å². The number of guanidine groups is 1. The summed E-state index contributed by atoms with van der Waals surface area (Å²) in [4.78, 5) is 6.87.